The number of hydrogen-bond donors (Lipinski definition) is 2. The van der Waals surface area contributed by atoms with Crippen molar-refractivity contribution >= 4 is 17.1 Å². The molecule has 0 saturated heterocycles. The van der Waals surface area contributed by atoms with Crippen LogP contribution >= 0.6 is 0 Å². The third-order valence-corrected chi connectivity index (χ3v) is 3.22. The third kappa shape index (κ3) is 2.97. The molecule has 1 heterocycles. The predicted molar refractivity (Wildman–Crippen MR) is 81.4 cm³/mol. The molecule has 0 aliphatic carbocycles. The average Bonchev–Trinajstić information content (AvgIpc) is 2.53. The smallest absolute Gasteiger partial charge is 0.312 e. The highest BCUT2D eigenvalue weighted by molar-refractivity contribution is 5.81. The number of urea groups is 1. The van der Waals surface area contributed by atoms with Crippen LogP contribution < -0.4 is 11.1 Å². The van der Waals surface area contributed by atoms with E-state index in [0.29, 0.717) is 6.54 Å². The van der Waals surface area contributed by atoms with Gasteiger partial charge in [0.15, 0.2) is 0 Å². The van der Waals surface area contributed by atoms with Gasteiger partial charge in [-0.05, 0) is 28.8 Å². The maximum Gasteiger partial charge on any atom is 0.312 e. The largest absolute Gasteiger partial charge is 0.352 e. The van der Waals surface area contributed by atoms with E-state index in [1.807, 2.05) is 42.5 Å². The van der Waals surface area contributed by atoms with Gasteiger partial charge in [0.2, 0.25) is 0 Å². The number of nitrogens with two attached hydrogens (primary N) is 1. The molecule has 1 aromatic heterocycles. The SMILES string of the molecule is NC(=O)NCc1ccc(-c2ccc3nccnc3c2)cc1. The van der Waals surface area contributed by atoms with Gasteiger partial charge >= 0.3 is 6.03 Å². The first-order chi connectivity index (χ1) is 10.2. The molecule has 0 aliphatic heterocycles. The summed E-state index contributed by atoms with van der Waals surface area (Å²) >= 11 is 0. The van der Waals surface area contributed by atoms with E-state index in [9.17, 15) is 4.79 Å². The number of fused-ring (bicyclic) bond motifs is 1. The first-order valence-electron chi connectivity index (χ1n) is 6.56. The minimum atomic E-state index is -0.521. The highest BCUT2D eigenvalue weighted by Gasteiger charge is 2.02. The van der Waals surface area contributed by atoms with Gasteiger partial charge in [0.1, 0.15) is 0 Å². The first kappa shape index (κ1) is 13.1. The van der Waals surface area contributed by atoms with E-state index in [0.717, 1.165) is 27.7 Å². The van der Waals surface area contributed by atoms with Crippen LogP contribution in [0.4, 0.5) is 4.79 Å². The van der Waals surface area contributed by atoms with Crippen molar-refractivity contribution in [1.29, 1.82) is 0 Å². The summed E-state index contributed by atoms with van der Waals surface area (Å²) in [6.07, 6.45) is 3.37. The summed E-state index contributed by atoms with van der Waals surface area (Å²) in [4.78, 5) is 19.3. The lowest BCUT2D eigenvalue weighted by molar-refractivity contribution is 0.248. The minimum Gasteiger partial charge on any atom is -0.352 e. The van der Waals surface area contributed by atoms with Crippen LogP contribution in [-0.4, -0.2) is 16.0 Å². The zero-order valence-corrected chi connectivity index (χ0v) is 11.3. The average molecular weight is 278 g/mol. The van der Waals surface area contributed by atoms with Crippen LogP contribution in [-0.2, 0) is 6.54 Å². The van der Waals surface area contributed by atoms with Gasteiger partial charge in [-0.1, -0.05) is 30.3 Å². The zero-order chi connectivity index (χ0) is 14.7. The van der Waals surface area contributed by atoms with E-state index in [1.54, 1.807) is 12.4 Å². The lowest BCUT2D eigenvalue weighted by Crippen LogP contribution is -2.28. The fourth-order valence-electron chi connectivity index (χ4n) is 2.15. The van der Waals surface area contributed by atoms with Crippen molar-refractivity contribution in [1.82, 2.24) is 15.3 Å². The number of nitrogens with zero attached hydrogens (tertiary/aromatic N) is 2. The maximum atomic E-state index is 10.7. The van der Waals surface area contributed by atoms with Crippen LogP contribution in [0.5, 0.6) is 0 Å². The second kappa shape index (κ2) is 5.58. The predicted octanol–water partition coefficient (Wildman–Crippen LogP) is 2.47. The second-order valence-electron chi connectivity index (χ2n) is 4.67. The molecule has 0 bridgehead atoms. The zero-order valence-electron chi connectivity index (χ0n) is 11.3. The molecule has 0 saturated carbocycles. The van der Waals surface area contributed by atoms with Crippen molar-refractivity contribution < 1.29 is 4.79 Å². The molecule has 0 atom stereocenters. The van der Waals surface area contributed by atoms with E-state index >= 15 is 0 Å². The maximum absolute atomic E-state index is 10.7. The molecule has 3 rings (SSSR count). The minimum absolute atomic E-state index is 0.429. The highest BCUT2D eigenvalue weighted by Crippen LogP contribution is 2.22. The molecular formula is C16H14N4O. The van der Waals surface area contributed by atoms with E-state index in [4.69, 9.17) is 5.73 Å². The van der Waals surface area contributed by atoms with Crippen LogP contribution in [0.15, 0.2) is 54.9 Å². The summed E-state index contributed by atoms with van der Waals surface area (Å²) in [6, 6.07) is 13.4. The summed E-state index contributed by atoms with van der Waals surface area (Å²) < 4.78 is 0. The second-order valence-corrected chi connectivity index (χ2v) is 4.67. The standard InChI is InChI=1S/C16H14N4O/c17-16(21)20-10-11-1-3-12(4-2-11)13-5-6-14-15(9-13)19-8-7-18-14/h1-9H,10H2,(H3,17,20,21). The van der Waals surface area contributed by atoms with Crippen molar-refractivity contribution in [3.05, 3.63) is 60.4 Å². The Morgan fingerprint density at radius 2 is 1.62 bits per heavy atom. The molecule has 104 valence electrons. The van der Waals surface area contributed by atoms with Gasteiger partial charge in [-0.25, -0.2) is 4.79 Å². The Bertz CT molecular complexity index is 784. The van der Waals surface area contributed by atoms with E-state index in [-0.39, 0.29) is 0 Å². The van der Waals surface area contributed by atoms with Gasteiger partial charge in [0.05, 0.1) is 11.0 Å². The number of benzene rings is 2. The summed E-state index contributed by atoms with van der Waals surface area (Å²) in [7, 11) is 0. The quantitative estimate of drug-likeness (QED) is 0.772. The third-order valence-electron chi connectivity index (χ3n) is 3.22. The number of carbonyl (C=O) groups is 1. The van der Waals surface area contributed by atoms with Gasteiger partial charge in [-0.2, -0.15) is 0 Å². The Hall–Kier alpha value is -2.95. The molecule has 5 heteroatoms. The normalized spacial score (nSPS) is 10.5. The number of nitrogens with one attached hydrogen (secondary N) is 1. The Kier molecular flexibility index (Phi) is 3.47. The molecule has 0 fully saturated rings. The highest BCUT2D eigenvalue weighted by atomic mass is 16.2. The van der Waals surface area contributed by atoms with Crippen molar-refractivity contribution in [2.45, 2.75) is 6.54 Å². The molecule has 21 heavy (non-hydrogen) atoms. The van der Waals surface area contributed by atoms with Gasteiger partial charge < -0.3 is 11.1 Å². The van der Waals surface area contributed by atoms with Crippen LogP contribution in [0.3, 0.4) is 0 Å². The molecule has 0 spiro atoms. The molecule has 2 amide bonds. The Balaban J connectivity index is 1.86. The summed E-state index contributed by atoms with van der Waals surface area (Å²) in [5, 5.41) is 2.57. The van der Waals surface area contributed by atoms with E-state index in [1.165, 1.54) is 0 Å². The number of amides is 2. The molecule has 0 radical (unpaired) electrons. The molecule has 3 aromatic rings. The lowest BCUT2D eigenvalue weighted by Gasteiger charge is -2.06. The molecular weight excluding hydrogens is 264 g/mol. The van der Waals surface area contributed by atoms with E-state index in [2.05, 4.69) is 15.3 Å². The van der Waals surface area contributed by atoms with Crippen LogP contribution in [0.1, 0.15) is 5.56 Å². The number of carbonyl (C=O) groups excluding carboxylic acids is 1. The monoisotopic (exact) mass is 278 g/mol. The van der Waals surface area contributed by atoms with Crippen molar-refractivity contribution in [3.8, 4) is 11.1 Å². The number of rotatable bonds is 3. The van der Waals surface area contributed by atoms with Gasteiger partial charge in [-0.15, -0.1) is 0 Å². The fourth-order valence-corrected chi connectivity index (χ4v) is 2.15. The Labute approximate surface area is 121 Å². The fraction of sp³-hybridized carbons (Fsp3) is 0.0625. The molecule has 3 N–H and O–H groups in total. The van der Waals surface area contributed by atoms with Crippen molar-refractivity contribution in [2.75, 3.05) is 0 Å². The molecule has 2 aromatic carbocycles. The first-order valence-corrected chi connectivity index (χ1v) is 6.56. The topological polar surface area (TPSA) is 80.9 Å². The van der Waals surface area contributed by atoms with Crippen LogP contribution in [0.2, 0.25) is 0 Å². The van der Waals surface area contributed by atoms with Gasteiger partial charge in [-0.3, -0.25) is 9.97 Å². The van der Waals surface area contributed by atoms with Crippen LogP contribution in [0, 0.1) is 0 Å². The molecule has 0 unspecified atom stereocenters. The summed E-state index contributed by atoms with van der Waals surface area (Å²) in [5.74, 6) is 0. The summed E-state index contributed by atoms with van der Waals surface area (Å²) in [5.41, 5.74) is 9.97. The number of aromatic nitrogens is 2. The summed E-state index contributed by atoms with van der Waals surface area (Å²) in [6.45, 7) is 0.429. The van der Waals surface area contributed by atoms with E-state index < -0.39 is 6.03 Å². The van der Waals surface area contributed by atoms with Gasteiger partial charge in [0.25, 0.3) is 0 Å². The van der Waals surface area contributed by atoms with Gasteiger partial charge in [0, 0.05) is 18.9 Å². The molecule has 5 nitrogen and oxygen atoms in total. The number of primary amides is 1. The van der Waals surface area contributed by atoms with Crippen LogP contribution in [0.25, 0.3) is 22.2 Å². The lowest BCUT2D eigenvalue weighted by atomic mass is 10.0. The van der Waals surface area contributed by atoms with Crippen molar-refractivity contribution in [3.63, 3.8) is 0 Å². The van der Waals surface area contributed by atoms with Crippen molar-refractivity contribution in [2.24, 2.45) is 5.73 Å². The number of hydrogen-bond acceptors (Lipinski definition) is 3. The Morgan fingerprint density at radius 3 is 2.33 bits per heavy atom. The molecule has 0 aliphatic rings. The Morgan fingerprint density at radius 1 is 0.952 bits per heavy atom.